The first-order chi connectivity index (χ1) is 16.3. The number of imidazole rings is 1. The van der Waals surface area contributed by atoms with Gasteiger partial charge in [0.15, 0.2) is 11.5 Å². The van der Waals surface area contributed by atoms with E-state index in [2.05, 4.69) is 47.7 Å². The molecule has 0 radical (unpaired) electrons. The summed E-state index contributed by atoms with van der Waals surface area (Å²) in [5.41, 5.74) is 4.55. The number of carbonyl (C=O) groups is 1. The highest BCUT2D eigenvalue weighted by molar-refractivity contribution is 5.98. The van der Waals surface area contributed by atoms with Gasteiger partial charge in [0.1, 0.15) is 0 Å². The Morgan fingerprint density at radius 2 is 1.82 bits per heavy atom. The Morgan fingerprint density at radius 1 is 1.09 bits per heavy atom. The van der Waals surface area contributed by atoms with E-state index in [4.69, 9.17) is 0 Å². The van der Waals surface area contributed by atoms with Crippen LogP contribution in [-0.2, 0) is 4.79 Å². The van der Waals surface area contributed by atoms with E-state index in [1.807, 2.05) is 25.4 Å². The van der Waals surface area contributed by atoms with Crippen LogP contribution in [0.1, 0.15) is 38.4 Å². The van der Waals surface area contributed by atoms with Crippen molar-refractivity contribution in [3.8, 4) is 0 Å². The molecule has 1 atom stereocenters. The summed E-state index contributed by atoms with van der Waals surface area (Å²) in [6.45, 7) is 12.3. The number of fused-ring (bicyclic) bond motifs is 2. The number of nitrogens with zero attached hydrogens (tertiary/aromatic N) is 5. The minimum Gasteiger partial charge on any atom is -0.368 e. The molecule has 7 heteroatoms. The molecule has 5 heterocycles. The summed E-state index contributed by atoms with van der Waals surface area (Å²) in [5.74, 6) is -0.422. The van der Waals surface area contributed by atoms with Gasteiger partial charge in [-0.25, -0.2) is 9.37 Å². The highest BCUT2D eigenvalue weighted by atomic mass is 19.1. The van der Waals surface area contributed by atoms with Crippen LogP contribution in [-0.4, -0.2) is 62.2 Å². The van der Waals surface area contributed by atoms with Gasteiger partial charge in [0.25, 0.3) is 5.91 Å². The fourth-order valence-corrected chi connectivity index (χ4v) is 5.02. The van der Waals surface area contributed by atoms with Crippen molar-refractivity contribution in [2.75, 3.05) is 26.2 Å². The van der Waals surface area contributed by atoms with Crippen molar-refractivity contribution in [2.45, 2.75) is 40.2 Å². The second kappa shape index (κ2) is 8.87. The normalized spacial score (nSPS) is 21.9. The van der Waals surface area contributed by atoms with E-state index in [1.54, 1.807) is 21.6 Å². The van der Waals surface area contributed by atoms with Gasteiger partial charge in [0.2, 0.25) is 0 Å². The summed E-state index contributed by atoms with van der Waals surface area (Å²) in [4.78, 5) is 24.2. The molecule has 1 fully saturated rings. The second-order valence-corrected chi connectivity index (χ2v) is 9.77. The van der Waals surface area contributed by atoms with Crippen molar-refractivity contribution in [2.24, 2.45) is 5.92 Å². The first kappa shape index (κ1) is 22.6. The number of aryl methyl sites for hydroxylation is 1. The summed E-state index contributed by atoms with van der Waals surface area (Å²) in [6.07, 6.45) is 14.3. The SMILES string of the molecule is Cc1cn2cc(C3=CC(=O)N4C=C(N5CCN(C(C)C)CC5)C=CC4=CCC3C)cc(F)c2n1. The minimum atomic E-state index is -0.381. The van der Waals surface area contributed by atoms with Gasteiger partial charge in [-0.3, -0.25) is 14.6 Å². The highest BCUT2D eigenvalue weighted by Gasteiger charge is 2.26. The van der Waals surface area contributed by atoms with E-state index in [0.717, 1.165) is 55.3 Å². The Labute approximate surface area is 200 Å². The van der Waals surface area contributed by atoms with Gasteiger partial charge in [-0.15, -0.1) is 0 Å². The average molecular weight is 462 g/mol. The van der Waals surface area contributed by atoms with Crippen LogP contribution in [0.25, 0.3) is 11.2 Å². The molecule has 178 valence electrons. The van der Waals surface area contributed by atoms with Gasteiger partial charge in [0, 0.05) is 62.6 Å². The number of piperazine rings is 1. The molecule has 2 aromatic rings. The maximum atomic E-state index is 14.8. The molecule has 2 aromatic heterocycles. The number of allylic oxidation sites excluding steroid dienone is 4. The zero-order valence-corrected chi connectivity index (χ0v) is 20.3. The maximum Gasteiger partial charge on any atom is 0.255 e. The molecule has 34 heavy (non-hydrogen) atoms. The monoisotopic (exact) mass is 461 g/mol. The lowest BCUT2D eigenvalue weighted by atomic mass is 9.90. The van der Waals surface area contributed by atoms with Crippen molar-refractivity contribution >= 4 is 17.1 Å². The van der Waals surface area contributed by atoms with Crippen LogP contribution in [0, 0.1) is 18.7 Å². The van der Waals surface area contributed by atoms with E-state index >= 15 is 0 Å². The Kier molecular flexibility index (Phi) is 5.90. The number of amides is 1. The van der Waals surface area contributed by atoms with Crippen LogP contribution in [0.3, 0.4) is 0 Å². The lowest BCUT2D eigenvalue weighted by Gasteiger charge is -2.39. The van der Waals surface area contributed by atoms with Gasteiger partial charge < -0.3 is 9.30 Å². The highest BCUT2D eigenvalue weighted by Crippen LogP contribution is 2.32. The Balaban J connectivity index is 1.44. The molecule has 5 rings (SSSR count). The molecule has 6 nitrogen and oxygen atoms in total. The molecular weight excluding hydrogens is 429 g/mol. The summed E-state index contributed by atoms with van der Waals surface area (Å²) in [5, 5.41) is 0. The molecular formula is C27H32FN5O. The number of hydrogen-bond donors (Lipinski definition) is 0. The number of carbonyl (C=O) groups excluding carboxylic acids is 1. The van der Waals surface area contributed by atoms with Crippen LogP contribution in [0.15, 0.2) is 60.4 Å². The van der Waals surface area contributed by atoms with E-state index < -0.39 is 0 Å². The maximum absolute atomic E-state index is 14.8. The number of rotatable bonds is 3. The third-order valence-corrected chi connectivity index (χ3v) is 7.06. The molecule has 0 bridgehead atoms. The van der Waals surface area contributed by atoms with Gasteiger partial charge >= 0.3 is 0 Å². The molecule has 3 aliphatic rings. The standard InChI is InChI=1S/C27H32FN5O/c1-18(2)30-9-11-31(12-10-30)23-8-7-22-6-5-19(3)24(14-26(34)33(22)17-23)21-13-25(28)27-29-20(4)15-32(27)16-21/h6-8,13-19H,5,9-12H2,1-4H3. The third-order valence-electron chi connectivity index (χ3n) is 7.06. The van der Waals surface area contributed by atoms with Crippen molar-refractivity contribution in [3.63, 3.8) is 0 Å². The van der Waals surface area contributed by atoms with Crippen LogP contribution in [0.4, 0.5) is 4.39 Å². The molecule has 0 aromatic carbocycles. The molecule has 0 N–H and O–H groups in total. The lowest BCUT2D eigenvalue weighted by Crippen LogP contribution is -2.48. The second-order valence-electron chi connectivity index (χ2n) is 9.77. The van der Waals surface area contributed by atoms with Crippen LogP contribution < -0.4 is 0 Å². The first-order valence-electron chi connectivity index (χ1n) is 12.1. The molecule has 3 aliphatic heterocycles. The molecule has 0 saturated carbocycles. The number of hydrogen-bond acceptors (Lipinski definition) is 4. The molecule has 0 aliphatic carbocycles. The fourth-order valence-electron chi connectivity index (χ4n) is 5.02. The Bertz CT molecular complexity index is 1240. The van der Waals surface area contributed by atoms with E-state index in [1.165, 1.54) is 6.07 Å². The van der Waals surface area contributed by atoms with Crippen LogP contribution >= 0.6 is 0 Å². The largest absolute Gasteiger partial charge is 0.368 e. The molecule has 0 spiro atoms. The van der Waals surface area contributed by atoms with Crippen molar-refractivity contribution in [3.05, 3.63) is 77.4 Å². The zero-order chi connectivity index (χ0) is 24.0. The summed E-state index contributed by atoms with van der Waals surface area (Å²) in [7, 11) is 0. The molecule has 1 saturated heterocycles. The van der Waals surface area contributed by atoms with Crippen molar-refractivity contribution in [1.82, 2.24) is 24.1 Å². The zero-order valence-electron chi connectivity index (χ0n) is 20.3. The fraction of sp³-hybridized carbons (Fsp3) is 0.407. The van der Waals surface area contributed by atoms with Crippen LogP contribution in [0.5, 0.6) is 0 Å². The molecule has 1 amide bonds. The van der Waals surface area contributed by atoms with Gasteiger partial charge in [-0.05, 0) is 62.5 Å². The quantitative estimate of drug-likeness (QED) is 0.682. The van der Waals surface area contributed by atoms with Gasteiger partial charge in [-0.2, -0.15) is 0 Å². The predicted molar refractivity (Wildman–Crippen MR) is 132 cm³/mol. The Morgan fingerprint density at radius 3 is 2.56 bits per heavy atom. The van der Waals surface area contributed by atoms with Gasteiger partial charge in [0.05, 0.1) is 11.4 Å². The smallest absolute Gasteiger partial charge is 0.255 e. The summed E-state index contributed by atoms with van der Waals surface area (Å²) in [6, 6.07) is 2.04. The van der Waals surface area contributed by atoms with Gasteiger partial charge in [-0.1, -0.05) is 13.0 Å². The van der Waals surface area contributed by atoms with Crippen molar-refractivity contribution < 1.29 is 9.18 Å². The molecule has 1 unspecified atom stereocenters. The average Bonchev–Trinajstić information content (AvgIpc) is 3.20. The van der Waals surface area contributed by atoms with E-state index in [0.29, 0.717) is 17.3 Å². The Hall–Kier alpha value is -3.19. The van der Waals surface area contributed by atoms with Crippen molar-refractivity contribution in [1.29, 1.82) is 0 Å². The van der Waals surface area contributed by atoms with Crippen LogP contribution in [0.2, 0.25) is 0 Å². The first-order valence-corrected chi connectivity index (χ1v) is 12.1. The number of halogens is 1. The number of aromatic nitrogens is 2. The van der Waals surface area contributed by atoms with E-state index in [9.17, 15) is 9.18 Å². The third kappa shape index (κ3) is 4.20. The number of pyridine rings is 1. The minimum absolute atomic E-state index is 0.0722. The lowest BCUT2D eigenvalue weighted by molar-refractivity contribution is -0.122. The summed E-state index contributed by atoms with van der Waals surface area (Å²) < 4.78 is 16.5. The van der Waals surface area contributed by atoms with E-state index in [-0.39, 0.29) is 17.6 Å². The predicted octanol–water partition coefficient (Wildman–Crippen LogP) is 4.35. The topological polar surface area (TPSA) is 44.1 Å². The summed E-state index contributed by atoms with van der Waals surface area (Å²) >= 11 is 0.